The van der Waals surface area contributed by atoms with Crippen LogP contribution >= 0.6 is 0 Å². The van der Waals surface area contributed by atoms with Crippen LogP contribution in [0, 0.1) is 0 Å². The third-order valence-electron chi connectivity index (χ3n) is 13.4. The second kappa shape index (κ2) is 14.3. The van der Waals surface area contributed by atoms with Gasteiger partial charge in [0, 0.05) is 50.0 Å². The highest BCUT2D eigenvalue weighted by atomic mass is 16.3. The van der Waals surface area contributed by atoms with Crippen molar-refractivity contribution in [1.29, 1.82) is 0 Å². The van der Waals surface area contributed by atoms with Crippen LogP contribution in [0.1, 0.15) is 0 Å². The summed E-state index contributed by atoms with van der Waals surface area (Å²) in [7, 11) is 0. The summed E-state index contributed by atoms with van der Waals surface area (Å²) in [6.45, 7) is 0. The number of nitrogens with zero attached hydrogens (tertiary/aromatic N) is 4. The number of hydrogen-bond donors (Lipinski definition) is 0. The molecule has 14 rings (SSSR count). The molecule has 3 aromatic heterocycles. The first-order chi connectivity index (χ1) is 32.7. The first kappa shape index (κ1) is 36.5. The second-order valence-electron chi connectivity index (χ2n) is 17.1. The van der Waals surface area contributed by atoms with Gasteiger partial charge in [0.2, 0.25) is 0 Å². The van der Waals surface area contributed by atoms with E-state index < -0.39 is 0 Å². The lowest BCUT2D eigenvalue weighted by Crippen LogP contribution is -2.00. The molecule has 11 aromatic carbocycles. The Balaban J connectivity index is 0.998. The van der Waals surface area contributed by atoms with Gasteiger partial charge in [-0.2, -0.15) is 0 Å². The van der Waals surface area contributed by atoms with Crippen molar-refractivity contribution in [3.8, 4) is 51.0 Å². The van der Waals surface area contributed by atoms with Crippen molar-refractivity contribution in [3.05, 3.63) is 218 Å². The fraction of sp³-hybridized carbons (Fsp3) is 0. The van der Waals surface area contributed by atoms with E-state index in [2.05, 4.69) is 211 Å². The third kappa shape index (κ3) is 5.63. The summed E-state index contributed by atoms with van der Waals surface area (Å²) in [6, 6.07) is 77.5. The molecule has 3 heterocycles. The topological polar surface area (TPSA) is 56.7 Å². The van der Waals surface area contributed by atoms with E-state index in [1.165, 1.54) is 54.2 Å². The molecule has 0 N–H and O–H groups in total. The van der Waals surface area contributed by atoms with E-state index in [-0.39, 0.29) is 0 Å². The van der Waals surface area contributed by atoms with Gasteiger partial charge in [0.25, 0.3) is 0 Å². The van der Waals surface area contributed by atoms with Crippen molar-refractivity contribution in [2.24, 2.45) is 0 Å². The maximum absolute atomic E-state index is 6.85. The van der Waals surface area contributed by atoms with E-state index in [1.54, 1.807) is 0 Å². The summed E-state index contributed by atoms with van der Waals surface area (Å²) < 4.78 is 9.27. The van der Waals surface area contributed by atoms with Crippen LogP contribution in [0.3, 0.4) is 0 Å². The fourth-order valence-electron chi connectivity index (χ4n) is 10.3. The fourth-order valence-corrected chi connectivity index (χ4v) is 10.3. The molecule has 0 spiro atoms. The minimum absolute atomic E-state index is 0.586. The number of fused-ring (bicyclic) bond motifs is 12. The predicted molar refractivity (Wildman–Crippen MR) is 273 cm³/mol. The molecule has 66 heavy (non-hydrogen) atoms. The minimum Gasteiger partial charge on any atom is -0.456 e. The summed E-state index contributed by atoms with van der Waals surface area (Å²) in [5.41, 5.74) is 9.97. The zero-order valence-corrected chi connectivity index (χ0v) is 35.5. The van der Waals surface area contributed by atoms with Gasteiger partial charge in [0.1, 0.15) is 11.2 Å². The Labute approximate surface area is 378 Å². The predicted octanol–water partition coefficient (Wildman–Crippen LogP) is 16.1. The van der Waals surface area contributed by atoms with Gasteiger partial charge in [0.15, 0.2) is 17.5 Å². The first-order valence-corrected chi connectivity index (χ1v) is 22.3. The molecule has 0 bridgehead atoms. The van der Waals surface area contributed by atoms with Gasteiger partial charge < -0.3 is 8.98 Å². The normalized spacial score (nSPS) is 11.9. The molecular formula is C61H36N4O. The third-order valence-corrected chi connectivity index (χ3v) is 13.4. The van der Waals surface area contributed by atoms with Crippen LogP contribution in [-0.4, -0.2) is 19.5 Å². The maximum Gasteiger partial charge on any atom is 0.164 e. The molecule has 14 aromatic rings. The van der Waals surface area contributed by atoms with Crippen LogP contribution in [0.15, 0.2) is 223 Å². The van der Waals surface area contributed by atoms with E-state index in [0.717, 1.165) is 66.1 Å². The highest BCUT2D eigenvalue weighted by Gasteiger charge is 2.22. The lowest BCUT2D eigenvalue weighted by molar-refractivity contribution is 0.668. The molecule has 0 atom stereocenters. The van der Waals surface area contributed by atoms with Crippen LogP contribution in [-0.2, 0) is 0 Å². The molecule has 306 valence electrons. The van der Waals surface area contributed by atoms with Crippen molar-refractivity contribution >= 4 is 86.8 Å². The van der Waals surface area contributed by atoms with Gasteiger partial charge >= 0.3 is 0 Å². The Morgan fingerprint density at radius 2 is 0.894 bits per heavy atom. The Hall–Kier alpha value is -8.93. The molecule has 0 aliphatic carbocycles. The van der Waals surface area contributed by atoms with Gasteiger partial charge in [-0.15, -0.1) is 0 Å². The van der Waals surface area contributed by atoms with Crippen LogP contribution < -0.4 is 0 Å². The molecule has 5 heteroatoms. The highest BCUT2D eigenvalue weighted by Crippen LogP contribution is 2.45. The summed E-state index contributed by atoms with van der Waals surface area (Å²) in [4.78, 5) is 15.6. The number of rotatable bonds is 5. The molecule has 0 radical (unpaired) electrons. The van der Waals surface area contributed by atoms with E-state index in [4.69, 9.17) is 19.4 Å². The molecule has 0 amide bonds. The molecule has 0 aliphatic rings. The van der Waals surface area contributed by atoms with E-state index >= 15 is 0 Å². The minimum atomic E-state index is 0.586. The van der Waals surface area contributed by atoms with Crippen LogP contribution in [0.25, 0.3) is 138 Å². The zero-order chi connectivity index (χ0) is 43.3. The maximum atomic E-state index is 6.85. The lowest BCUT2D eigenvalue weighted by atomic mass is 9.94. The SMILES string of the molecule is c1ccc(-c2cc3c(c4ccccc24)c2c4ccccc4ccc2n3-c2ccc3c(c2)oc2cccc(-c4nc(-c5ccc6ccccc6c5)nc(-c5ccc6ccccc6c5)n4)c23)cc1. The highest BCUT2D eigenvalue weighted by molar-refractivity contribution is 6.30. The molecule has 0 saturated heterocycles. The van der Waals surface area contributed by atoms with Gasteiger partial charge in [-0.1, -0.05) is 170 Å². The Morgan fingerprint density at radius 3 is 1.62 bits per heavy atom. The van der Waals surface area contributed by atoms with Crippen LogP contribution in [0.4, 0.5) is 0 Å². The van der Waals surface area contributed by atoms with Crippen LogP contribution in [0.2, 0.25) is 0 Å². The van der Waals surface area contributed by atoms with Crippen molar-refractivity contribution in [1.82, 2.24) is 19.5 Å². The van der Waals surface area contributed by atoms with Crippen molar-refractivity contribution in [2.75, 3.05) is 0 Å². The molecule has 0 unspecified atom stereocenters. The summed E-state index contributed by atoms with van der Waals surface area (Å²) >= 11 is 0. The average molecular weight is 841 g/mol. The van der Waals surface area contributed by atoms with E-state index in [0.29, 0.717) is 17.5 Å². The first-order valence-electron chi connectivity index (χ1n) is 22.3. The molecule has 0 saturated carbocycles. The van der Waals surface area contributed by atoms with Gasteiger partial charge in [-0.3, -0.25) is 0 Å². The van der Waals surface area contributed by atoms with E-state index in [9.17, 15) is 0 Å². The summed E-state index contributed by atoms with van der Waals surface area (Å²) in [6.07, 6.45) is 0. The standard InChI is InChI=1S/C61H36N4O/c1-2-15-39(16-3-1)51-36-53-58(48-22-11-10-21-47(48)51)57-46-20-9-8-17-40(46)29-32-52(57)65(53)45-30-31-49-55(35-45)66-54-24-12-23-50(56(49)54)61-63-59(43-27-25-37-13-4-6-18-41(37)33-43)62-60(64-61)44-28-26-38-14-5-7-19-42(38)34-44/h1-36H. The lowest BCUT2D eigenvalue weighted by Gasteiger charge is -2.12. The molecule has 0 fully saturated rings. The summed E-state index contributed by atoms with van der Waals surface area (Å²) in [5, 5.41) is 13.9. The second-order valence-corrected chi connectivity index (χ2v) is 17.1. The number of aromatic nitrogens is 4. The van der Waals surface area contributed by atoms with Gasteiger partial charge in [0.05, 0.1) is 11.0 Å². The Kier molecular flexibility index (Phi) is 7.91. The average Bonchev–Trinajstić information content (AvgIpc) is 3.94. The largest absolute Gasteiger partial charge is 0.456 e. The van der Waals surface area contributed by atoms with Crippen LogP contribution in [0.5, 0.6) is 0 Å². The number of benzene rings is 11. The molecular weight excluding hydrogens is 805 g/mol. The number of hydrogen-bond acceptors (Lipinski definition) is 4. The molecule has 5 nitrogen and oxygen atoms in total. The van der Waals surface area contributed by atoms with Crippen molar-refractivity contribution in [3.63, 3.8) is 0 Å². The van der Waals surface area contributed by atoms with Gasteiger partial charge in [-0.05, 0) is 96.7 Å². The number of furan rings is 1. The smallest absolute Gasteiger partial charge is 0.164 e. The van der Waals surface area contributed by atoms with Gasteiger partial charge in [-0.25, -0.2) is 15.0 Å². The van der Waals surface area contributed by atoms with Crippen molar-refractivity contribution < 1.29 is 4.42 Å². The monoisotopic (exact) mass is 840 g/mol. The van der Waals surface area contributed by atoms with Crippen molar-refractivity contribution in [2.45, 2.75) is 0 Å². The zero-order valence-electron chi connectivity index (χ0n) is 35.5. The van der Waals surface area contributed by atoms with E-state index in [1.807, 2.05) is 12.1 Å². The summed E-state index contributed by atoms with van der Waals surface area (Å²) in [5.74, 6) is 1.81. The quantitative estimate of drug-likeness (QED) is 0.173. The Bertz CT molecular complexity index is 4200. The Morgan fingerprint density at radius 1 is 0.303 bits per heavy atom. The molecule has 0 aliphatic heterocycles.